The molecule has 1 aromatic heterocycles. The smallest absolute Gasteiger partial charge is 0.300 e. The molecule has 1 aliphatic heterocycles. The summed E-state index contributed by atoms with van der Waals surface area (Å²) in [7, 11) is 0. The molecule has 88 valence electrons. The number of hydrogen-bond donors (Lipinski definition) is 1. The molecule has 1 unspecified atom stereocenters. The van der Waals surface area contributed by atoms with Crippen LogP contribution in [0, 0.1) is 0 Å². The monoisotopic (exact) mass is 230 g/mol. The summed E-state index contributed by atoms with van der Waals surface area (Å²) in [5.41, 5.74) is -1.69. The Morgan fingerprint density at radius 2 is 2.12 bits per heavy atom. The fraction of sp³-hybridized carbons (Fsp3) is 0.545. The van der Waals surface area contributed by atoms with Crippen molar-refractivity contribution in [3.05, 3.63) is 30.1 Å². The quantitative estimate of drug-likeness (QED) is 0.802. The Hall–Kier alpha value is -1.10. The molecular weight excluding hydrogens is 217 g/mol. The Labute approximate surface area is 91.9 Å². The first-order chi connectivity index (χ1) is 7.56. The normalized spacial score (nSPS) is 26.7. The summed E-state index contributed by atoms with van der Waals surface area (Å²) in [5.74, 6) is 0. The van der Waals surface area contributed by atoms with E-state index in [1.54, 1.807) is 6.07 Å². The van der Waals surface area contributed by atoms with Gasteiger partial charge < -0.3 is 0 Å². The maximum atomic E-state index is 13.2. The number of pyridine rings is 1. The topological polar surface area (TPSA) is 24.9 Å². The number of alkyl halides is 3. The number of aromatic nitrogens is 1. The van der Waals surface area contributed by atoms with E-state index in [4.69, 9.17) is 0 Å². The Kier molecular flexibility index (Phi) is 2.88. The molecule has 2 heterocycles. The highest BCUT2D eigenvalue weighted by Gasteiger charge is 2.56. The lowest BCUT2D eigenvalue weighted by molar-refractivity contribution is -0.207. The van der Waals surface area contributed by atoms with Crippen LogP contribution in [0.25, 0.3) is 0 Å². The van der Waals surface area contributed by atoms with Crippen molar-refractivity contribution in [2.75, 3.05) is 6.54 Å². The minimum Gasteiger partial charge on any atom is -0.300 e. The Morgan fingerprint density at radius 1 is 1.31 bits per heavy atom. The first kappa shape index (κ1) is 11.4. The summed E-state index contributed by atoms with van der Waals surface area (Å²) < 4.78 is 39.6. The van der Waals surface area contributed by atoms with Crippen molar-refractivity contribution in [3.63, 3.8) is 0 Å². The zero-order chi connectivity index (χ0) is 11.6. The van der Waals surface area contributed by atoms with E-state index >= 15 is 0 Å². The number of nitrogens with one attached hydrogen (secondary N) is 1. The van der Waals surface area contributed by atoms with E-state index in [-0.39, 0.29) is 12.0 Å². The van der Waals surface area contributed by atoms with E-state index in [0.717, 1.165) is 6.42 Å². The van der Waals surface area contributed by atoms with Gasteiger partial charge in [0, 0.05) is 12.4 Å². The molecule has 1 saturated heterocycles. The highest BCUT2D eigenvalue weighted by Crippen LogP contribution is 2.43. The molecule has 1 aliphatic rings. The van der Waals surface area contributed by atoms with Gasteiger partial charge in [-0.15, -0.1) is 0 Å². The van der Waals surface area contributed by atoms with Gasteiger partial charge in [0.25, 0.3) is 0 Å². The summed E-state index contributed by atoms with van der Waals surface area (Å²) in [6.45, 7) is 0.397. The summed E-state index contributed by atoms with van der Waals surface area (Å²) in [4.78, 5) is 3.78. The van der Waals surface area contributed by atoms with Crippen LogP contribution in [0.3, 0.4) is 0 Å². The molecular formula is C11H13F3N2. The van der Waals surface area contributed by atoms with Crippen molar-refractivity contribution in [1.29, 1.82) is 0 Å². The van der Waals surface area contributed by atoms with Gasteiger partial charge in [-0.2, -0.15) is 13.2 Å². The van der Waals surface area contributed by atoms with Gasteiger partial charge in [-0.05, 0) is 37.4 Å². The molecule has 1 aromatic rings. The summed E-state index contributed by atoms with van der Waals surface area (Å²) in [6, 6.07) is 3.03. The average Bonchev–Trinajstić information content (AvgIpc) is 2.30. The second-order valence-corrected chi connectivity index (χ2v) is 4.03. The molecule has 16 heavy (non-hydrogen) atoms. The van der Waals surface area contributed by atoms with E-state index < -0.39 is 11.7 Å². The first-order valence-electron chi connectivity index (χ1n) is 5.28. The molecule has 2 nitrogen and oxygen atoms in total. The van der Waals surface area contributed by atoms with Crippen molar-refractivity contribution in [3.8, 4) is 0 Å². The van der Waals surface area contributed by atoms with Crippen LogP contribution < -0.4 is 5.32 Å². The number of nitrogens with zero attached hydrogens (tertiary/aromatic N) is 1. The van der Waals surface area contributed by atoms with Crippen LogP contribution in [0.4, 0.5) is 13.2 Å². The average molecular weight is 230 g/mol. The Balaban J connectivity index is 2.42. The van der Waals surface area contributed by atoms with Gasteiger partial charge in [-0.3, -0.25) is 10.3 Å². The molecule has 0 spiro atoms. The molecule has 1 atom stereocenters. The fourth-order valence-corrected chi connectivity index (χ4v) is 2.17. The number of hydrogen-bond acceptors (Lipinski definition) is 2. The number of piperidine rings is 1. The molecule has 0 saturated carbocycles. The van der Waals surface area contributed by atoms with Gasteiger partial charge in [0.05, 0.1) is 0 Å². The molecule has 0 amide bonds. The third-order valence-electron chi connectivity index (χ3n) is 3.04. The molecule has 2 rings (SSSR count). The van der Waals surface area contributed by atoms with Gasteiger partial charge >= 0.3 is 6.18 Å². The van der Waals surface area contributed by atoms with Crippen molar-refractivity contribution in [2.45, 2.75) is 31.0 Å². The first-order valence-corrected chi connectivity index (χ1v) is 5.28. The lowest BCUT2D eigenvalue weighted by Crippen LogP contribution is -2.56. The molecule has 0 aliphatic carbocycles. The molecule has 0 radical (unpaired) electrons. The van der Waals surface area contributed by atoms with Crippen LogP contribution in [0.5, 0.6) is 0 Å². The fourth-order valence-electron chi connectivity index (χ4n) is 2.17. The van der Waals surface area contributed by atoms with E-state index in [1.165, 1.54) is 18.5 Å². The Bertz CT molecular complexity index is 342. The summed E-state index contributed by atoms with van der Waals surface area (Å²) in [6.07, 6.45) is -0.0413. The zero-order valence-electron chi connectivity index (χ0n) is 8.72. The molecule has 0 bridgehead atoms. The van der Waals surface area contributed by atoms with Crippen LogP contribution in [-0.2, 0) is 5.54 Å². The third kappa shape index (κ3) is 1.80. The lowest BCUT2D eigenvalue weighted by Gasteiger charge is -2.40. The standard InChI is InChI=1S/C11H13F3N2/c12-11(13,14)10(5-1-2-7-16-10)9-4-3-6-15-8-9/h3-4,6,8,16H,1-2,5,7H2. The number of halogens is 3. The van der Waals surface area contributed by atoms with Gasteiger partial charge in [0.2, 0.25) is 0 Å². The van der Waals surface area contributed by atoms with E-state index in [1.807, 2.05) is 0 Å². The molecule has 1 N–H and O–H groups in total. The SMILES string of the molecule is FC(F)(F)C1(c2cccnc2)CCCCN1. The molecule has 0 aromatic carbocycles. The number of rotatable bonds is 1. The van der Waals surface area contributed by atoms with Crippen LogP contribution >= 0.6 is 0 Å². The lowest BCUT2D eigenvalue weighted by atomic mass is 9.82. The largest absolute Gasteiger partial charge is 0.410 e. The Morgan fingerprint density at radius 3 is 2.62 bits per heavy atom. The van der Waals surface area contributed by atoms with Crippen molar-refractivity contribution < 1.29 is 13.2 Å². The van der Waals surface area contributed by atoms with E-state index in [9.17, 15) is 13.2 Å². The van der Waals surface area contributed by atoms with Gasteiger partial charge in [0.15, 0.2) is 0 Å². The minimum absolute atomic E-state index is 0.0855. The maximum absolute atomic E-state index is 13.2. The van der Waals surface area contributed by atoms with Crippen molar-refractivity contribution in [2.24, 2.45) is 0 Å². The van der Waals surface area contributed by atoms with Crippen molar-refractivity contribution in [1.82, 2.24) is 10.3 Å². The van der Waals surface area contributed by atoms with Crippen LogP contribution in [0.1, 0.15) is 24.8 Å². The van der Waals surface area contributed by atoms with Gasteiger partial charge in [-0.1, -0.05) is 6.07 Å². The van der Waals surface area contributed by atoms with Gasteiger partial charge in [-0.25, -0.2) is 0 Å². The third-order valence-corrected chi connectivity index (χ3v) is 3.04. The minimum atomic E-state index is -4.28. The molecule has 5 heteroatoms. The predicted molar refractivity (Wildman–Crippen MR) is 53.8 cm³/mol. The van der Waals surface area contributed by atoms with E-state index in [2.05, 4.69) is 10.3 Å². The summed E-state index contributed by atoms with van der Waals surface area (Å²) in [5, 5.41) is 2.62. The second-order valence-electron chi connectivity index (χ2n) is 4.03. The second kappa shape index (κ2) is 4.05. The summed E-state index contributed by atoms with van der Waals surface area (Å²) >= 11 is 0. The maximum Gasteiger partial charge on any atom is 0.410 e. The zero-order valence-corrected chi connectivity index (χ0v) is 8.72. The molecule has 1 fully saturated rings. The highest BCUT2D eigenvalue weighted by molar-refractivity contribution is 5.24. The van der Waals surface area contributed by atoms with Gasteiger partial charge in [0.1, 0.15) is 5.54 Å². The van der Waals surface area contributed by atoms with Crippen molar-refractivity contribution >= 4 is 0 Å². The van der Waals surface area contributed by atoms with Crippen LogP contribution in [0.15, 0.2) is 24.5 Å². The highest BCUT2D eigenvalue weighted by atomic mass is 19.4. The van der Waals surface area contributed by atoms with E-state index in [0.29, 0.717) is 13.0 Å². The predicted octanol–water partition coefficient (Wildman–Crippen LogP) is 2.61. The van der Waals surface area contributed by atoms with Crippen LogP contribution in [-0.4, -0.2) is 17.7 Å². The van der Waals surface area contributed by atoms with Crippen LogP contribution in [0.2, 0.25) is 0 Å².